The molecule has 0 bridgehead atoms. The van der Waals surface area contributed by atoms with Crippen LogP contribution >= 0.6 is 11.8 Å². The summed E-state index contributed by atoms with van der Waals surface area (Å²) in [7, 11) is 0. The average molecular weight is 516 g/mol. The van der Waals surface area contributed by atoms with E-state index < -0.39 is 23.5 Å². The number of likely N-dealkylation sites (tertiary alicyclic amines) is 1. The van der Waals surface area contributed by atoms with Gasteiger partial charge in [-0.3, -0.25) is 14.7 Å². The van der Waals surface area contributed by atoms with Gasteiger partial charge in [-0.2, -0.15) is 26.3 Å². The molecule has 0 aromatic heterocycles. The highest BCUT2D eigenvalue weighted by atomic mass is 32.2. The van der Waals surface area contributed by atoms with Crippen molar-refractivity contribution in [2.45, 2.75) is 44.6 Å². The molecular formula is C24H23F6N3OS. The second-order valence-corrected chi connectivity index (χ2v) is 9.80. The number of alkyl halides is 6. The molecule has 3 fully saturated rings. The summed E-state index contributed by atoms with van der Waals surface area (Å²) >= 11 is 1.06. The molecule has 11 heteroatoms. The summed E-state index contributed by atoms with van der Waals surface area (Å²) in [4.78, 5) is 18.7. The number of piperidine rings is 1. The first-order valence-corrected chi connectivity index (χ1v) is 12.0. The number of nitrogens with zero attached hydrogens (tertiary/aromatic N) is 2. The molecule has 0 spiro atoms. The maximum Gasteiger partial charge on any atom is 0.416 e. The van der Waals surface area contributed by atoms with Crippen LogP contribution in [-0.2, 0) is 18.9 Å². The Morgan fingerprint density at radius 3 is 2.43 bits per heavy atom. The minimum atomic E-state index is -4.88. The molecule has 0 radical (unpaired) electrons. The summed E-state index contributed by atoms with van der Waals surface area (Å²) in [5.41, 5.74) is -2.74. The summed E-state index contributed by atoms with van der Waals surface area (Å²) in [6, 6.07) is 1.80. The number of amides is 1. The topological polar surface area (TPSA) is 44.7 Å². The minimum absolute atomic E-state index is 0.0859. The normalized spacial score (nSPS) is 22.4. The first-order valence-electron chi connectivity index (χ1n) is 11.2. The highest BCUT2D eigenvalue weighted by Crippen LogP contribution is 2.38. The van der Waals surface area contributed by atoms with E-state index in [0.717, 1.165) is 35.6 Å². The molecule has 1 aromatic carbocycles. The van der Waals surface area contributed by atoms with Gasteiger partial charge in [-0.15, -0.1) is 0 Å². The lowest BCUT2D eigenvalue weighted by molar-refractivity contribution is -0.143. The fourth-order valence-electron chi connectivity index (χ4n) is 3.99. The Morgan fingerprint density at radius 1 is 1.09 bits per heavy atom. The third-order valence-corrected chi connectivity index (χ3v) is 6.85. The molecule has 1 saturated carbocycles. The third kappa shape index (κ3) is 7.04. The van der Waals surface area contributed by atoms with Crippen molar-refractivity contribution in [3.8, 4) is 11.8 Å². The van der Waals surface area contributed by atoms with Crippen molar-refractivity contribution in [2.24, 2.45) is 16.8 Å². The lowest BCUT2D eigenvalue weighted by atomic mass is 9.95. The van der Waals surface area contributed by atoms with E-state index in [9.17, 15) is 31.1 Å². The van der Waals surface area contributed by atoms with Gasteiger partial charge in [0.05, 0.1) is 16.0 Å². The number of carbonyl (C=O) groups excluding carboxylic acids is 1. The van der Waals surface area contributed by atoms with Gasteiger partial charge in [0.1, 0.15) is 12.4 Å². The Labute approximate surface area is 203 Å². The van der Waals surface area contributed by atoms with Crippen molar-refractivity contribution in [3.05, 3.63) is 45.9 Å². The zero-order chi connectivity index (χ0) is 25.2. The Kier molecular flexibility index (Phi) is 7.52. The standard InChI is InChI=1S/C24H23F6N3OS/c25-23(26,27)18-6-5-17(19(13-18)24(28,29)30)14-33-10-7-16(8-11-33)12-20-21(32-22(34)35-20)31-9-1-2-15-3-4-15/h5-6,12-13,15-16H,3-4,7-11,14H2,(H,31,32,34)/b20-12-. The third-order valence-electron chi connectivity index (χ3n) is 6.01. The molecule has 1 N–H and O–H groups in total. The van der Waals surface area contributed by atoms with Gasteiger partial charge in [-0.1, -0.05) is 24.0 Å². The van der Waals surface area contributed by atoms with E-state index in [0.29, 0.717) is 50.3 Å². The number of amidine groups is 1. The number of thioether (sulfide) groups is 1. The molecule has 3 aliphatic rings. The smallest absolute Gasteiger partial charge is 0.300 e. The number of carbonyl (C=O) groups is 1. The van der Waals surface area contributed by atoms with Crippen molar-refractivity contribution < 1.29 is 31.1 Å². The Bertz CT molecular complexity index is 1090. The van der Waals surface area contributed by atoms with Crippen LogP contribution in [0.1, 0.15) is 42.4 Å². The van der Waals surface area contributed by atoms with Crippen molar-refractivity contribution in [1.29, 1.82) is 0 Å². The summed E-state index contributed by atoms with van der Waals surface area (Å²) in [5.74, 6) is 7.18. The number of nitrogens with one attached hydrogen (secondary N) is 1. The zero-order valence-corrected chi connectivity index (χ0v) is 19.4. The number of aliphatic imine (C=N–C) groups is 1. The summed E-state index contributed by atoms with van der Waals surface area (Å²) in [6.45, 7) is 1.19. The van der Waals surface area contributed by atoms with Gasteiger partial charge in [-0.25, -0.2) is 0 Å². The molecular weight excluding hydrogens is 492 g/mol. The largest absolute Gasteiger partial charge is 0.416 e. The summed E-state index contributed by atoms with van der Waals surface area (Å²) < 4.78 is 79.0. The van der Waals surface area contributed by atoms with Gasteiger partial charge in [-0.05, 0) is 74.1 Å². The van der Waals surface area contributed by atoms with Gasteiger partial charge < -0.3 is 5.32 Å². The molecule has 1 aliphatic carbocycles. The lowest BCUT2D eigenvalue weighted by Gasteiger charge is -2.31. The van der Waals surface area contributed by atoms with Crippen LogP contribution in [0.5, 0.6) is 0 Å². The molecule has 1 aromatic rings. The number of halogens is 6. The van der Waals surface area contributed by atoms with Crippen LogP contribution in [0.2, 0.25) is 0 Å². The number of rotatable bonds is 4. The Morgan fingerprint density at radius 2 is 1.80 bits per heavy atom. The van der Waals surface area contributed by atoms with Crippen LogP contribution in [0.15, 0.2) is 34.2 Å². The summed E-state index contributed by atoms with van der Waals surface area (Å²) in [5, 5.41) is 2.50. The van der Waals surface area contributed by atoms with Crippen molar-refractivity contribution in [2.75, 3.05) is 19.6 Å². The van der Waals surface area contributed by atoms with Gasteiger partial charge in [0.2, 0.25) is 0 Å². The lowest BCUT2D eigenvalue weighted by Crippen LogP contribution is -2.33. The van der Waals surface area contributed by atoms with E-state index in [-0.39, 0.29) is 29.3 Å². The van der Waals surface area contributed by atoms with Crippen LogP contribution < -0.4 is 5.32 Å². The van der Waals surface area contributed by atoms with Crippen LogP contribution in [0.25, 0.3) is 0 Å². The fourth-order valence-corrected chi connectivity index (χ4v) is 4.81. The molecule has 35 heavy (non-hydrogen) atoms. The van der Waals surface area contributed by atoms with Crippen LogP contribution in [0.4, 0.5) is 31.1 Å². The quantitative estimate of drug-likeness (QED) is 0.390. The molecule has 188 valence electrons. The first-order chi connectivity index (χ1) is 16.5. The molecule has 0 atom stereocenters. The van der Waals surface area contributed by atoms with E-state index in [4.69, 9.17) is 0 Å². The maximum atomic E-state index is 13.4. The zero-order valence-electron chi connectivity index (χ0n) is 18.6. The van der Waals surface area contributed by atoms with Crippen LogP contribution in [0, 0.1) is 23.7 Å². The molecule has 2 heterocycles. The van der Waals surface area contributed by atoms with E-state index in [1.54, 1.807) is 4.90 Å². The first kappa shape index (κ1) is 25.6. The van der Waals surface area contributed by atoms with Crippen molar-refractivity contribution in [3.63, 3.8) is 0 Å². The van der Waals surface area contributed by atoms with E-state index >= 15 is 0 Å². The van der Waals surface area contributed by atoms with Crippen LogP contribution in [0.3, 0.4) is 0 Å². The predicted octanol–water partition coefficient (Wildman–Crippen LogP) is 6.09. The minimum Gasteiger partial charge on any atom is -0.300 e. The molecule has 4 rings (SSSR count). The summed E-state index contributed by atoms with van der Waals surface area (Å²) in [6.07, 6.45) is -4.22. The van der Waals surface area contributed by atoms with E-state index in [1.807, 2.05) is 6.08 Å². The predicted molar refractivity (Wildman–Crippen MR) is 121 cm³/mol. The molecule has 1 amide bonds. The van der Waals surface area contributed by atoms with Gasteiger partial charge in [0.25, 0.3) is 5.24 Å². The monoisotopic (exact) mass is 515 g/mol. The SMILES string of the molecule is O=C1NC(=NCC#CC2CC2)/C(=C/C2CCN(Cc3ccc(C(F)(F)F)cc3C(F)(F)F)CC2)S1. The molecule has 2 saturated heterocycles. The Hall–Kier alpha value is -2.45. The average Bonchev–Trinajstić information content (AvgIpc) is 3.53. The van der Waals surface area contributed by atoms with Crippen LogP contribution in [-0.4, -0.2) is 35.6 Å². The van der Waals surface area contributed by atoms with E-state index in [2.05, 4.69) is 22.2 Å². The highest BCUT2D eigenvalue weighted by molar-refractivity contribution is 8.18. The van der Waals surface area contributed by atoms with Crippen molar-refractivity contribution in [1.82, 2.24) is 10.2 Å². The number of allylic oxidation sites excluding steroid dienone is 1. The maximum absolute atomic E-state index is 13.4. The Balaban J connectivity index is 1.38. The van der Waals surface area contributed by atoms with Gasteiger partial charge in [0, 0.05) is 12.5 Å². The fraction of sp³-hybridized carbons (Fsp3) is 0.500. The molecule has 0 unspecified atom stereocenters. The second-order valence-electron chi connectivity index (χ2n) is 8.79. The number of hydrogen-bond donors (Lipinski definition) is 1. The number of hydrogen-bond acceptors (Lipinski definition) is 4. The highest BCUT2D eigenvalue weighted by Gasteiger charge is 2.38. The second kappa shape index (κ2) is 10.3. The van der Waals surface area contributed by atoms with Crippen molar-refractivity contribution >= 4 is 22.8 Å². The molecule has 2 aliphatic heterocycles. The van der Waals surface area contributed by atoms with Gasteiger partial charge >= 0.3 is 12.4 Å². The van der Waals surface area contributed by atoms with E-state index in [1.165, 1.54) is 0 Å². The molecule has 4 nitrogen and oxygen atoms in total. The number of benzene rings is 1. The van der Waals surface area contributed by atoms with Gasteiger partial charge in [0.15, 0.2) is 0 Å².